The quantitative estimate of drug-likeness (QED) is 0.914. The first-order valence-electron chi connectivity index (χ1n) is 6.83. The van der Waals surface area contributed by atoms with Gasteiger partial charge >= 0.3 is 0 Å². The normalized spacial score (nSPS) is 17.1. The van der Waals surface area contributed by atoms with Crippen LogP contribution in [-0.4, -0.2) is 21.8 Å². The van der Waals surface area contributed by atoms with Gasteiger partial charge in [-0.1, -0.05) is 24.3 Å². The van der Waals surface area contributed by atoms with Crippen LogP contribution in [-0.2, 0) is 17.8 Å². The third kappa shape index (κ3) is 2.94. The largest absolute Gasteiger partial charge is 0.392 e. The fraction of sp³-hybridized carbons (Fsp3) is 0.250. The Labute approximate surface area is 127 Å². The Morgan fingerprint density at radius 1 is 1.38 bits per heavy atom. The first kappa shape index (κ1) is 14.1. The summed E-state index contributed by atoms with van der Waals surface area (Å²) in [4.78, 5) is 16.6. The van der Waals surface area contributed by atoms with Gasteiger partial charge in [-0.2, -0.15) is 0 Å². The lowest BCUT2D eigenvalue weighted by molar-refractivity contribution is -0.115. The Hall–Kier alpha value is -1.85. The van der Waals surface area contributed by atoms with E-state index in [1.165, 1.54) is 5.56 Å². The number of nitrogens with one attached hydrogen (secondary N) is 1. The summed E-state index contributed by atoms with van der Waals surface area (Å²) in [6.45, 7) is -0.119. The van der Waals surface area contributed by atoms with Crippen LogP contribution in [0, 0.1) is 0 Å². The van der Waals surface area contributed by atoms with Crippen LogP contribution in [0.4, 0.5) is 5.69 Å². The van der Waals surface area contributed by atoms with E-state index in [4.69, 9.17) is 0 Å². The molecule has 3 rings (SSSR count). The number of benzene rings is 1. The van der Waals surface area contributed by atoms with Crippen LogP contribution < -0.4 is 5.32 Å². The molecule has 0 saturated heterocycles. The number of hydrogen-bond acceptors (Lipinski definition) is 4. The van der Waals surface area contributed by atoms with Gasteiger partial charge in [0.25, 0.3) is 0 Å². The van der Waals surface area contributed by atoms with E-state index in [-0.39, 0.29) is 17.8 Å². The van der Waals surface area contributed by atoms with Crippen molar-refractivity contribution in [2.45, 2.75) is 18.3 Å². The van der Waals surface area contributed by atoms with Crippen molar-refractivity contribution in [2.24, 2.45) is 0 Å². The Bertz CT molecular complexity index is 660. The third-order valence-corrected chi connectivity index (χ3v) is 4.81. The van der Waals surface area contributed by atoms with E-state index in [2.05, 4.69) is 16.4 Å². The highest BCUT2D eigenvalue weighted by Gasteiger charge is 2.27. The number of thioether (sulfide) groups is 1. The average Bonchev–Trinajstić information content (AvgIpc) is 2.54. The summed E-state index contributed by atoms with van der Waals surface area (Å²) in [5, 5.41) is 12.0. The van der Waals surface area contributed by atoms with Crippen molar-refractivity contribution >= 4 is 23.4 Å². The Morgan fingerprint density at radius 2 is 2.24 bits per heavy atom. The molecule has 1 aliphatic rings. The smallest absolute Gasteiger partial charge is 0.242 e. The minimum Gasteiger partial charge on any atom is -0.392 e. The predicted molar refractivity (Wildman–Crippen MR) is 84.1 cm³/mol. The van der Waals surface area contributed by atoms with Gasteiger partial charge in [0.05, 0.1) is 18.5 Å². The van der Waals surface area contributed by atoms with E-state index in [9.17, 15) is 9.90 Å². The van der Waals surface area contributed by atoms with Gasteiger partial charge in [-0.15, -0.1) is 11.8 Å². The molecule has 0 fully saturated rings. The molecule has 1 amide bonds. The van der Waals surface area contributed by atoms with Gasteiger partial charge in [0.1, 0.15) is 5.25 Å². The van der Waals surface area contributed by atoms with Crippen LogP contribution in [0.3, 0.4) is 0 Å². The average molecular weight is 300 g/mol. The van der Waals surface area contributed by atoms with Gasteiger partial charge in [-0.3, -0.25) is 9.78 Å². The molecule has 0 radical (unpaired) electrons. The zero-order valence-corrected chi connectivity index (χ0v) is 12.3. The standard InChI is InChI=1S/C16H16N2O2S/c19-10-12-5-7-17-9-14(12)18-16(20)15-13-4-2-1-3-11(13)6-8-21-15/h1-5,7,9,15,19H,6,8,10H2,(H,18,20). The van der Waals surface area contributed by atoms with Crippen molar-refractivity contribution in [3.05, 3.63) is 59.4 Å². The summed E-state index contributed by atoms with van der Waals surface area (Å²) in [6, 6.07) is 9.78. The number of anilines is 1. The number of pyridine rings is 1. The number of aryl methyl sites for hydroxylation is 1. The van der Waals surface area contributed by atoms with Crippen molar-refractivity contribution in [2.75, 3.05) is 11.1 Å². The lowest BCUT2D eigenvalue weighted by atomic mass is 10.0. The minimum absolute atomic E-state index is 0.0603. The Morgan fingerprint density at radius 3 is 3.10 bits per heavy atom. The Balaban J connectivity index is 1.84. The van der Waals surface area contributed by atoms with E-state index >= 15 is 0 Å². The number of aliphatic hydroxyl groups excluding tert-OH is 1. The molecule has 1 aliphatic heterocycles. The molecule has 1 aromatic carbocycles. The zero-order chi connectivity index (χ0) is 14.7. The molecule has 1 atom stereocenters. The number of fused-ring (bicyclic) bond motifs is 1. The van der Waals surface area contributed by atoms with Crippen LogP contribution in [0.1, 0.15) is 21.9 Å². The summed E-state index contributed by atoms with van der Waals surface area (Å²) in [7, 11) is 0. The molecule has 0 spiro atoms. The maximum Gasteiger partial charge on any atom is 0.242 e. The molecule has 2 aromatic rings. The summed E-state index contributed by atoms with van der Waals surface area (Å²) in [5.74, 6) is 0.879. The number of amides is 1. The van der Waals surface area contributed by atoms with Crippen molar-refractivity contribution < 1.29 is 9.90 Å². The van der Waals surface area contributed by atoms with Gasteiger partial charge in [0.15, 0.2) is 0 Å². The summed E-state index contributed by atoms with van der Waals surface area (Å²) >= 11 is 1.65. The summed E-state index contributed by atoms with van der Waals surface area (Å²) in [5.41, 5.74) is 3.58. The maximum absolute atomic E-state index is 12.6. The molecule has 4 nitrogen and oxygen atoms in total. The predicted octanol–water partition coefficient (Wildman–Crippen LogP) is 2.54. The van der Waals surface area contributed by atoms with Crippen molar-refractivity contribution in [3.8, 4) is 0 Å². The second kappa shape index (κ2) is 6.28. The molecule has 0 saturated carbocycles. The van der Waals surface area contributed by atoms with Crippen LogP contribution in [0.15, 0.2) is 42.7 Å². The first-order chi connectivity index (χ1) is 10.3. The molecule has 5 heteroatoms. The number of rotatable bonds is 3. The first-order valence-corrected chi connectivity index (χ1v) is 7.88. The van der Waals surface area contributed by atoms with E-state index in [1.54, 1.807) is 30.2 Å². The van der Waals surface area contributed by atoms with Crippen LogP contribution in [0.5, 0.6) is 0 Å². The van der Waals surface area contributed by atoms with E-state index < -0.39 is 0 Å². The SMILES string of the molecule is O=C(Nc1cnccc1CO)C1SCCc2ccccc21. The third-order valence-electron chi connectivity index (χ3n) is 3.57. The van der Waals surface area contributed by atoms with Gasteiger partial charge in [0.2, 0.25) is 5.91 Å². The van der Waals surface area contributed by atoms with Gasteiger partial charge in [0, 0.05) is 11.8 Å². The molecule has 2 heterocycles. The molecule has 0 aliphatic carbocycles. The number of aliphatic hydroxyl groups is 1. The summed E-state index contributed by atoms with van der Waals surface area (Å²) < 4.78 is 0. The second-order valence-electron chi connectivity index (χ2n) is 4.88. The summed E-state index contributed by atoms with van der Waals surface area (Å²) in [6.07, 6.45) is 4.17. The molecule has 0 bridgehead atoms. The molecule has 2 N–H and O–H groups in total. The molecule has 1 unspecified atom stereocenters. The van der Waals surface area contributed by atoms with E-state index in [0.29, 0.717) is 11.3 Å². The highest BCUT2D eigenvalue weighted by atomic mass is 32.2. The van der Waals surface area contributed by atoms with Crippen molar-refractivity contribution in [1.29, 1.82) is 0 Å². The zero-order valence-electron chi connectivity index (χ0n) is 11.5. The van der Waals surface area contributed by atoms with Gasteiger partial charge < -0.3 is 10.4 Å². The molecule has 21 heavy (non-hydrogen) atoms. The lowest BCUT2D eigenvalue weighted by Gasteiger charge is -2.24. The van der Waals surface area contributed by atoms with Crippen molar-refractivity contribution in [3.63, 3.8) is 0 Å². The highest BCUT2D eigenvalue weighted by molar-refractivity contribution is 8.00. The van der Waals surface area contributed by atoms with Crippen molar-refractivity contribution in [1.82, 2.24) is 4.98 Å². The highest BCUT2D eigenvalue weighted by Crippen LogP contribution is 2.37. The molecule has 1 aromatic heterocycles. The van der Waals surface area contributed by atoms with E-state index in [0.717, 1.165) is 17.7 Å². The number of hydrogen-bond donors (Lipinski definition) is 2. The van der Waals surface area contributed by atoms with Gasteiger partial charge in [-0.25, -0.2) is 0 Å². The monoisotopic (exact) mass is 300 g/mol. The fourth-order valence-electron chi connectivity index (χ4n) is 2.48. The van der Waals surface area contributed by atoms with Crippen LogP contribution >= 0.6 is 11.8 Å². The van der Waals surface area contributed by atoms with Crippen LogP contribution in [0.25, 0.3) is 0 Å². The second-order valence-corrected chi connectivity index (χ2v) is 6.09. The lowest BCUT2D eigenvalue weighted by Crippen LogP contribution is -2.23. The Kier molecular flexibility index (Phi) is 4.22. The molecular weight excluding hydrogens is 284 g/mol. The number of carbonyl (C=O) groups excluding carboxylic acids is 1. The molecule has 108 valence electrons. The maximum atomic E-state index is 12.6. The molecular formula is C16H16N2O2S. The topological polar surface area (TPSA) is 62.2 Å². The number of carbonyl (C=O) groups is 1. The fourth-order valence-corrected chi connectivity index (χ4v) is 3.68. The van der Waals surface area contributed by atoms with E-state index in [1.807, 2.05) is 18.2 Å². The number of nitrogens with zero attached hydrogens (tertiary/aromatic N) is 1. The van der Waals surface area contributed by atoms with Gasteiger partial charge in [-0.05, 0) is 29.4 Å². The number of aromatic nitrogens is 1. The van der Waals surface area contributed by atoms with Crippen LogP contribution in [0.2, 0.25) is 0 Å². The minimum atomic E-state index is -0.207.